The van der Waals surface area contributed by atoms with Crippen molar-refractivity contribution >= 4 is 15.9 Å². The second-order valence-corrected chi connectivity index (χ2v) is 7.43. The van der Waals surface area contributed by atoms with Crippen LogP contribution in [0.15, 0.2) is 53.1 Å². The number of sulfonamides is 1. The lowest BCUT2D eigenvalue weighted by Crippen LogP contribution is -2.32. The molecule has 0 bridgehead atoms. The largest absolute Gasteiger partial charge is 0.467 e. The number of amides is 1. The Bertz CT molecular complexity index is 772. The summed E-state index contributed by atoms with van der Waals surface area (Å²) in [6.45, 7) is 0.343. The van der Waals surface area contributed by atoms with E-state index < -0.39 is 10.0 Å². The van der Waals surface area contributed by atoms with E-state index in [-0.39, 0.29) is 30.0 Å². The van der Waals surface area contributed by atoms with Gasteiger partial charge in [0.15, 0.2) is 0 Å². The Balaban J connectivity index is 1.90. The van der Waals surface area contributed by atoms with E-state index in [1.807, 2.05) is 36.4 Å². The van der Waals surface area contributed by atoms with E-state index in [4.69, 9.17) is 9.56 Å². The molecule has 122 valence electrons. The fourth-order valence-electron chi connectivity index (χ4n) is 3.08. The summed E-state index contributed by atoms with van der Waals surface area (Å²) < 4.78 is 28.1. The summed E-state index contributed by atoms with van der Waals surface area (Å²) in [5.74, 6) is 0.0814. The molecule has 2 unspecified atom stereocenters. The number of hydrogen-bond donors (Lipinski definition) is 1. The fraction of sp³-hybridized carbons (Fsp3) is 0.312. The Morgan fingerprint density at radius 3 is 2.57 bits per heavy atom. The molecule has 0 saturated carbocycles. The van der Waals surface area contributed by atoms with E-state index in [2.05, 4.69) is 0 Å². The monoisotopic (exact) mass is 334 g/mol. The number of likely N-dealkylation sites (tertiary alicyclic amines) is 1. The molecular weight excluding hydrogens is 316 g/mol. The maximum atomic E-state index is 12.4. The van der Waals surface area contributed by atoms with Crippen LogP contribution in [0, 0.1) is 5.92 Å². The Kier molecular flexibility index (Phi) is 4.23. The molecule has 0 spiro atoms. The minimum absolute atomic E-state index is 0.0936. The maximum absolute atomic E-state index is 12.4. The van der Waals surface area contributed by atoms with Gasteiger partial charge in [0.1, 0.15) is 11.8 Å². The molecule has 1 aliphatic heterocycles. The van der Waals surface area contributed by atoms with Crippen molar-refractivity contribution in [3.05, 3.63) is 60.1 Å². The summed E-state index contributed by atoms with van der Waals surface area (Å²) in [5.41, 5.74) is 0.923. The van der Waals surface area contributed by atoms with Crippen molar-refractivity contribution < 1.29 is 17.6 Å². The molecule has 3 rings (SSSR count). The number of carbonyl (C=O) groups is 1. The highest BCUT2D eigenvalue weighted by Crippen LogP contribution is 2.34. The van der Waals surface area contributed by atoms with E-state index >= 15 is 0 Å². The van der Waals surface area contributed by atoms with Crippen LogP contribution in [0.1, 0.15) is 23.8 Å². The van der Waals surface area contributed by atoms with Gasteiger partial charge in [0.25, 0.3) is 0 Å². The molecule has 1 aromatic heterocycles. The van der Waals surface area contributed by atoms with Gasteiger partial charge in [-0.25, -0.2) is 13.6 Å². The number of carbonyl (C=O) groups excluding carboxylic acids is 1. The van der Waals surface area contributed by atoms with E-state index in [1.54, 1.807) is 17.2 Å². The zero-order chi connectivity index (χ0) is 16.4. The Morgan fingerprint density at radius 1 is 1.22 bits per heavy atom. The Hall–Kier alpha value is -2.12. The van der Waals surface area contributed by atoms with Gasteiger partial charge in [-0.3, -0.25) is 4.79 Å². The zero-order valence-electron chi connectivity index (χ0n) is 12.5. The van der Waals surface area contributed by atoms with Crippen LogP contribution in [0.3, 0.4) is 0 Å². The van der Waals surface area contributed by atoms with Crippen molar-refractivity contribution in [1.82, 2.24) is 4.90 Å². The van der Waals surface area contributed by atoms with Gasteiger partial charge < -0.3 is 9.32 Å². The van der Waals surface area contributed by atoms with Gasteiger partial charge in [-0.2, -0.15) is 0 Å². The summed E-state index contributed by atoms with van der Waals surface area (Å²) >= 11 is 0. The third kappa shape index (κ3) is 3.62. The van der Waals surface area contributed by atoms with Crippen LogP contribution in [0.2, 0.25) is 0 Å². The lowest BCUT2D eigenvalue weighted by atomic mass is 10.0. The van der Waals surface area contributed by atoms with Gasteiger partial charge in [-0.05, 0) is 17.7 Å². The van der Waals surface area contributed by atoms with Crippen LogP contribution < -0.4 is 5.14 Å². The first-order valence-corrected chi connectivity index (χ1v) is 9.04. The number of primary sulfonamides is 1. The topological polar surface area (TPSA) is 93.6 Å². The average molecular weight is 334 g/mol. The minimum atomic E-state index is -3.60. The molecule has 2 heterocycles. The smallest absolute Gasteiger partial charge is 0.223 e. The minimum Gasteiger partial charge on any atom is -0.467 e. The molecule has 1 amide bonds. The molecule has 2 aromatic rings. The second-order valence-electron chi connectivity index (χ2n) is 5.77. The average Bonchev–Trinajstić information content (AvgIpc) is 3.10. The summed E-state index contributed by atoms with van der Waals surface area (Å²) in [5, 5.41) is 5.11. The molecule has 2 N–H and O–H groups in total. The summed E-state index contributed by atoms with van der Waals surface area (Å²) in [6.07, 6.45) is 1.74. The normalized spacial score (nSPS) is 20.0. The Labute approximate surface area is 134 Å². The van der Waals surface area contributed by atoms with E-state index in [1.165, 1.54) is 0 Å². The standard InChI is InChI=1S/C16H18N2O4S/c17-23(20,21)11-12-9-15(19)18(10-12)16(14-7-4-8-22-14)13-5-2-1-3-6-13/h1-8,12,16H,9-11H2,(H2,17,20,21). The number of benzene rings is 1. The summed E-state index contributed by atoms with van der Waals surface area (Å²) in [6, 6.07) is 12.8. The maximum Gasteiger partial charge on any atom is 0.223 e. The molecule has 1 aromatic carbocycles. The van der Waals surface area contributed by atoms with Crippen molar-refractivity contribution in [2.75, 3.05) is 12.3 Å². The van der Waals surface area contributed by atoms with Gasteiger partial charge in [0.05, 0.1) is 12.0 Å². The lowest BCUT2D eigenvalue weighted by molar-refractivity contribution is -0.129. The molecule has 0 radical (unpaired) electrons. The Morgan fingerprint density at radius 2 is 1.96 bits per heavy atom. The predicted molar refractivity (Wildman–Crippen MR) is 84.8 cm³/mol. The first-order valence-electron chi connectivity index (χ1n) is 7.32. The highest BCUT2D eigenvalue weighted by atomic mass is 32.2. The van der Waals surface area contributed by atoms with Crippen LogP contribution in [-0.4, -0.2) is 31.5 Å². The number of rotatable bonds is 5. The lowest BCUT2D eigenvalue weighted by Gasteiger charge is -2.27. The van der Waals surface area contributed by atoms with Crippen LogP contribution >= 0.6 is 0 Å². The van der Waals surface area contributed by atoms with Gasteiger partial charge >= 0.3 is 0 Å². The van der Waals surface area contributed by atoms with E-state index in [0.29, 0.717) is 12.3 Å². The molecule has 23 heavy (non-hydrogen) atoms. The van der Waals surface area contributed by atoms with Crippen LogP contribution in [0.4, 0.5) is 0 Å². The van der Waals surface area contributed by atoms with Crippen molar-refractivity contribution in [1.29, 1.82) is 0 Å². The zero-order valence-corrected chi connectivity index (χ0v) is 13.3. The van der Waals surface area contributed by atoms with Gasteiger partial charge in [0.2, 0.25) is 15.9 Å². The quantitative estimate of drug-likeness (QED) is 0.897. The highest BCUT2D eigenvalue weighted by Gasteiger charge is 2.38. The summed E-state index contributed by atoms with van der Waals surface area (Å²) in [7, 11) is -3.60. The molecule has 0 aliphatic carbocycles. The van der Waals surface area contributed by atoms with Crippen molar-refractivity contribution in [2.45, 2.75) is 12.5 Å². The molecular formula is C16H18N2O4S. The SMILES string of the molecule is NS(=O)(=O)CC1CC(=O)N(C(c2ccccc2)c2ccco2)C1. The number of nitrogens with two attached hydrogens (primary N) is 1. The van der Waals surface area contributed by atoms with E-state index in [9.17, 15) is 13.2 Å². The highest BCUT2D eigenvalue weighted by molar-refractivity contribution is 7.89. The number of furan rings is 1. The third-order valence-electron chi connectivity index (χ3n) is 3.95. The molecule has 7 heteroatoms. The molecule has 1 fully saturated rings. The molecule has 2 atom stereocenters. The molecule has 1 saturated heterocycles. The van der Waals surface area contributed by atoms with Crippen molar-refractivity contribution in [3.8, 4) is 0 Å². The first-order chi connectivity index (χ1) is 10.9. The predicted octanol–water partition coefficient (Wildman–Crippen LogP) is 1.51. The van der Waals surface area contributed by atoms with Gasteiger partial charge in [0, 0.05) is 18.9 Å². The van der Waals surface area contributed by atoms with Crippen LogP contribution in [0.5, 0.6) is 0 Å². The first kappa shape index (κ1) is 15.8. The fourth-order valence-corrected chi connectivity index (χ4v) is 3.96. The van der Waals surface area contributed by atoms with Gasteiger partial charge in [-0.15, -0.1) is 0 Å². The van der Waals surface area contributed by atoms with Crippen molar-refractivity contribution in [3.63, 3.8) is 0 Å². The summed E-state index contributed by atoms with van der Waals surface area (Å²) in [4.78, 5) is 14.1. The second kappa shape index (κ2) is 6.17. The molecule has 1 aliphatic rings. The third-order valence-corrected chi connectivity index (χ3v) is 4.88. The van der Waals surface area contributed by atoms with Crippen molar-refractivity contribution in [2.24, 2.45) is 11.1 Å². The van der Waals surface area contributed by atoms with Crippen LogP contribution in [-0.2, 0) is 14.8 Å². The van der Waals surface area contributed by atoms with E-state index in [0.717, 1.165) is 5.56 Å². The molecule has 6 nitrogen and oxygen atoms in total. The van der Waals surface area contributed by atoms with Gasteiger partial charge in [-0.1, -0.05) is 30.3 Å². The number of nitrogens with zero attached hydrogens (tertiary/aromatic N) is 1. The number of hydrogen-bond acceptors (Lipinski definition) is 4. The van der Waals surface area contributed by atoms with Crippen LogP contribution in [0.25, 0.3) is 0 Å².